The number of aromatic nitrogens is 4. The average molecular weight is 333 g/mol. The van der Waals surface area contributed by atoms with Gasteiger partial charge in [0.2, 0.25) is 0 Å². The molecule has 0 aliphatic heterocycles. The molecule has 0 saturated heterocycles. The molecule has 1 aromatic carbocycles. The number of nitrogens with zero attached hydrogens (tertiary/aromatic N) is 4. The molecule has 0 N–H and O–H groups in total. The van der Waals surface area contributed by atoms with Crippen LogP contribution in [0, 0.1) is 0 Å². The molecule has 0 fully saturated rings. The van der Waals surface area contributed by atoms with Crippen LogP contribution in [-0.4, -0.2) is 19.9 Å². The molecule has 0 bridgehead atoms. The molecule has 3 aromatic heterocycles. The van der Waals surface area contributed by atoms with Crippen molar-refractivity contribution in [2.45, 2.75) is 6.42 Å². The number of rotatable bonds is 3. The Labute approximate surface area is 144 Å². The molecular weight excluding hydrogens is 320 g/mol. The summed E-state index contributed by atoms with van der Waals surface area (Å²) in [7, 11) is 0. The maximum atomic E-state index is 6.39. The highest BCUT2D eigenvalue weighted by atomic mass is 35.5. The molecule has 5 heteroatoms. The van der Waals surface area contributed by atoms with Gasteiger partial charge in [0.25, 0.3) is 0 Å². The lowest BCUT2D eigenvalue weighted by atomic mass is 10.1. The summed E-state index contributed by atoms with van der Waals surface area (Å²) in [6.45, 7) is 0. The molecule has 0 aliphatic rings. The molecule has 4 aromatic rings. The molecule has 24 heavy (non-hydrogen) atoms. The minimum Gasteiger partial charge on any atom is -0.265 e. The first kappa shape index (κ1) is 14.7. The van der Waals surface area contributed by atoms with Gasteiger partial charge in [0.05, 0.1) is 11.7 Å². The second-order valence-corrected chi connectivity index (χ2v) is 5.79. The predicted octanol–water partition coefficient (Wildman–Crippen LogP) is 4.33. The summed E-state index contributed by atoms with van der Waals surface area (Å²) in [6.07, 6.45) is 5.92. The zero-order chi connectivity index (χ0) is 16.4. The van der Waals surface area contributed by atoms with Crippen molar-refractivity contribution >= 4 is 22.5 Å². The third kappa shape index (κ3) is 2.96. The van der Waals surface area contributed by atoms with Gasteiger partial charge in [-0.05, 0) is 23.8 Å². The summed E-state index contributed by atoms with van der Waals surface area (Å²) in [5.41, 5.74) is 3.76. The molecule has 116 valence electrons. The Balaban J connectivity index is 1.74. The largest absolute Gasteiger partial charge is 0.265 e. The summed E-state index contributed by atoms with van der Waals surface area (Å²) in [5.74, 6) is 0.576. The van der Waals surface area contributed by atoms with Gasteiger partial charge in [0.15, 0.2) is 5.82 Å². The predicted molar refractivity (Wildman–Crippen MR) is 94.8 cm³/mol. The van der Waals surface area contributed by atoms with Gasteiger partial charge in [-0.1, -0.05) is 41.9 Å². The lowest BCUT2D eigenvalue weighted by molar-refractivity contribution is 1.08. The van der Waals surface area contributed by atoms with Crippen LogP contribution in [0.25, 0.3) is 22.3 Å². The maximum Gasteiger partial charge on any atom is 0.161 e. The highest BCUT2D eigenvalue weighted by Gasteiger charge is 2.09. The van der Waals surface area contributed by atoms with Crippen molar-refractivity contribution in [3.05, 3.63) is 83.5 Å². The lowest BCUT2D eigenvalue weighted by Crippen LogP contribution is -1.96. The Bertz CT molecular complexity index is 988. The van der Waals surface area contributed by atoms with Crippen LogP contribution in [0.2, 0.25) is 5.15 Å². The fraction of sp³-hybridized carbons (Fsp3) is 0.0526. The van der Waals surface area contributed by atoms with E-state index in [0.717, 1.165) is 28.6 Å². The Kier molecular flexibility index (Phi) is 3.89. The first-order valence-electron chi connectivity index (χ1n) is 7.56. The van der Waals surface area contributed by atoms with E-state index in [1.807, 2.05) is 36.4 Å². The van der Waals surface area contributed by atoms with Crippen LogP contribution in [-0.2, 0) is 6.42 Å². The van der Waals surface area contributed by atoms with Crippen LogP contribution in [0.5, 0.6) is 0 Å². The standard InChI is InChI=1S/C19H13ClN4/c20-18-16-11-15(10-13-4-2-1-3-5-13)22-12-17(16)23-19(24-18)14-6-8-21-9-7-14/h1-9,11-12H,10H2. The zero-order valence-corrected chi connectivity index (χ0v) is 13.5. The summed E-state index contributed by atoms with van der Waals surface area (Å²) in [5, 5.41) is 1.25. The highest BCUT2D eigenvalue weighted by Crippen LogP contribution is 2.25. The monoisotopic (exact) mass is 332 g/mol. The minimum atomic E-state index is 0.434. The van der Waals surface area contributed by atoms with E-state index in [-0.39, 0.29) is 0 Å². The van der Waals surface area contributed by atoms with Gasteiger partial charge >= 0.3 is 0 Å². The number of halogens is 1. The second kappa shape index (κ2) is 6.34. The van der Waals surface area contributed by atoms with E-state index in [2.05, 4.69) is 32.1 Å². The molecule has 0 radical (unpaired) electrons. The SMILES string of the molecule is Clc1nc(-c2ccncc2)nc2cnc(Cc3ccccc3)cc12. The molecule has 0 unspecified atom stereocenters. The third-order valence-electron chi connectivity index (χ3n) is 3.76. The number of benzene rings is 1. The Morgan fingerprint density at radius 3 is 2.50 bits per heavy atom. The van der Waals surface area contributed by atoms with Gasteiger partial charge in [-0.25, -0.2) is 9.97 Å². The van der Waals surface area contributed by atoms with Crippen molar-refractivity contribution < 1.29 is 0 Å². The molecule has 0 spiro atoms. The first-order chi connectivity index (χ1) is 11.8. The van der Waals surface area contributed by atoms with Crippen molar-refractivity contribution in [3.63, 3.8) is 0 Å². The maximum absolute atomic E-state index is 6.39. The van der Waals surface area contributed by atoms with E-state index in [9.17, 15) is 0 Å². The van der Waals surface area contributed by atoms with Crippen LogP contribution < -0.4 is 0 Å². The third-order valence-corrected chi connectivity index (χ3v) is 4.05. The van der Waals surface area contributed by atoms with Gasteiger partial charge in [0, 0.05) is 35.5 Å². The summed E-state index contributed by atoms with van der Waals surface area (Å²) in [4.78, 5) is 17.5. The quantitative estimate of drug-likeness (QED) is 0.524. The fourth-order valence-corrected chi connectivity index (χ4v) is 2.80. The minimum absolute atomic E-state index is 0.434. The van der Waals surface area contributed by atoms with E-state index in [0.29, 0.717) is 11.0 Å². The van der Waals surface area contributed by atoms with Crippen molar-refractivity contribution in [3.8, 4) is 11.4 Å². The molecule has 0 aliphatic carbocycles. The van der Waals surface area contributed by atoms with E-state index in [1.54, 1.807) is 18.6 Å². The highest BCUT2D eigenvalue weighted by molar-refractivity contribution is 6.34. The molecule has 0 amide bonds. The summed E-state index contributed by atoms with van der Waals surface area (Å²) >= 11 is 6.39. The number of pyridine rings is 2. The van der Waals surface area contributed by atoms with Crippen molar-refractivity contribution in [2.24, 2.45) is 0 Å². The smallest absolute Gasteiger partial charge is 0.161 e. The molecule has 0 saturated carbocycles. The first-order valence-corrected chi connectivity index (χ1v) is 7.94. The van der Waals surface area contributed by atoms with Crippen LogP contribution in [0.15, 0.2) is 67.1 Å². The fourth-order valence-electron chi connectivity index (χ4n) is 2.57. The number of fused-ring (bicyclic) bond motifs is 1. The van der Waals surface area contributed by atoms with Crippen LogP contribution >= 0.6 is 11.6 Å². The van der Waals surface area contributed by atoms with E-state index < -0.39 is 0 Å². The topological polar surface area (TPSA) is 51.6 Å². The summed E-state index contributed by atoms with van der Waals surface area (Å²) in [6, 6.07) is 15.9. The lowest BCUT2D eigenvalue weighted by Gasteiger charge is -2.06. The second-order valence-electron chi connectivity index (χ2n) is 5.43. The van der Waals surface area contributed by atoms with Crippen molar-refractivity contribution in [2.75, 3.05) is 0 Å². The van der Waals surface area contributed by atoms with Gasteiger partial charge in [-0.15, -0.1) is 0 Å². The Morgan fingerprint density at radius 2 is 1.71 bits per heavy atom. The molecule has 4 rings (SSSR count). The zero-order valence-electron chi connectivity index (χ0n) is 12.7. The van der Waals surface area contributed by atoms with Crippen LogP contribution in [0.3, 0.4) is 0 Å². The van der Waals surface area contributed by atoms with Gasteiger partial charge in [-0.3, -0.25) is 9.97 Å². The Hall–Kier alpha value is -2.85. The van der Waals surface area contributed by atoms with Gasteiger partial charge in [0.1, 0.15) is 5.15 Å². The number of hydrogen-bond acceptors (Lipinski definition) is 4. The van der Waals surface area contributed by atoms with Crippen molar-refractivity contribution in [1.82, 2.24) is 19.9 Å². The van der Waals surface area contributed by atoms with E-state index in [1.165, 1.54) is 5.56 Å². The molecule has 4 nitrogen and oxygen atoms in total. The average Bonchev–Trinajstić information content (AvgIpc) is 2.64. The van der Waals surface area contributed by atoms with Gasteiger partial charge < -0.3 is 0 Å². The molecule has 0 atom stereocenters. The number of hydrogen-bond donors (Lipinski definition) is 0. The molecular formula is C19H13ClN4. The molecule has 3 heterocycles. The van der Waals surface area contributed by atoms with E-state index >= 15 is 0 Å². The van der Waals surface area contributed by atoms with Crippen LogP contribution in [0.1, 0.15) is 11.3 Å². The normalized spacial score (nSPS) is 10.9. The Morgan fingerprint density at radius 1 is 0.917 bits per heavy atom. The summed E-state index contributed by atoms with van der Waals surface area (Å²) < 4.78 is 0. The van der Waals surface area contributed by atoms with Crippen molar-refractivity contribution in [1.29, 1.82) is 0 Å². The van der Waals surface area contributed by atoms with E-state index in [4.69, 9.17) is 11.6 Å². The van der Waals surface area contributed by atoms with Gasteiger partial charge in [-0.2, -0.15) is 0 Å². The van der Waals surface area contributed by atoms with Crippen LogP contribution in [0.4, 0.5) is 0 Å².